The van der Waals surface area contributed by atoms with Crippen molar-refractivity contribution in [1.82, 2.24) is 9.97 Å². The fraction of sp³-hybridized carbons (Fsp3) is 0.424. The molecule has 0 aliphatic heterocycles. The van der Waals surface area contributed by atoms with Crippen LogP contribution in [0.15, 0.2) is 67.0 Å². The van der Waals surface area contributed by atoms with Crippen molar-refractivity contribution in [2.45, 2.75) is 85.0 Å². The highest BCUT2D eigenvalue weighted by molar-refractivity contribution is 7.18. The maximum Gasteiger partial charge on any atom is 0.142 e. The standard InChI is InChI=1S/C23H30FN3S.C9H12.CH2O/c1-3-7-17(8-4-2)9-5-6-10-20-15-21-22(25-16-26-23(21)28-20)27-19-13-11-18(24)12-14-19;1-2-6-9-7-4-3-5-8-9;1-2/h11-17H,3-10H2,1-2H3,(H,25,26,27);3-5,7-8H,2,6H2,1H3;1H2. The first-order valence-electron chi connectivity index (χ1n) is 14.2. The number of hydrogen-bond donors (Lipinski definition) is 1. The Bertz CT molecular complexity index is 1170. The van der Waals surface area contributed by atoms with E-state index < -0.39 is 0 Å². The van der Waals surface area contributed by atoms with E-state index in [-0.39, 0.29) is 5.82 Å². The molecule has 4 aromatic rings. The Morgan fingerprint density at radius 2 is 1.54 bits per heavy atom. The fourth-order valence-corrected chi connectivity index (χ4v) is 5.75. The summed E-state index contributed by atoms with van der Waals surface area (Å²) in [6.45, 7) is 8.78. The molecule has 6 heteroatoms. The number of nitrogens with one attached hydrogen (secondary N) is 1. The molecule has 0 atom stereocenters. The lowest BCUT2D eigenvalue weighted by molar-refractivity contribution is -0.0980. The molecule has 0 saturated heterocycles. The van der Waals surface area contributed by atoms with Crippen molar-refractivity contribution in [1.29, 1.82) is 0 Å². The lowest BCUT2D eigenvalue weighted by Gasteiger charge is -2.14. The number of anilines is 2. The molecule has 39 heavy (non-hydrogen) atoms. The molecule has 0 aliphatic rings. The highest BCUT2D eigenvalue weighted by Gasteiger charge is 2.10. The van der Waals surface area contributed by atoms with E-state index in [4.69, 9.17) is 4.79 Å². The van der Waals surface area contributed by atoms with Crippen LogP contribution in [0.3, 0.4) is 0 Å². The summed E-state index contributed by atoms with van der Waals surface area (Å²) in [6, 6.07) is 19.1. The third kappa shape index (κ3) is 11.7. The fourth-order valence-electron chi connectivity index (χ4n) is 4.71. The van der Waals surface area contributed by atoms with Gasteiger partial charge in [0.2, 0.25) is 0 Å². The number of unbranched alkanes of at least 4 members (excludes halogenated alkanes) is 1. The molecule has 0 spiro atoms. The van der Waals surface area contributed by atoms with Crippen molar-refractivity contribution in [3.05, 3.63) is 83.2 Å². The van der Waals surface area contributed by atoms with E-state index in [1.807, 2.05) is 6.79 Å². The average molecular weight is 550 g/mol. The molecule has 0 bridgehead atoms. The normalized spacial score (nSPS) is 10.5. The number of carbonyl (C=O) groups is 1. The van der Waals surface area contributed by atoms with Gasteiger partial charge in [0, 0.05) is 10.6 Å². The monoisotopic (exact) mass is 549 g/mol. The first-order chi connectivity index (χ1) is 19.1. The van der Waals surface area contributed by atoms with Crippen LogP contribution in [0.5, 0.6) is 0 Å². The number of aryl methyl sites for hydroxylation is 2. The molecule has 2 aromatic carbocycles. The van der Waals surface area contributed by atoms with Crippen LogP contribution in [0.2, 0.25) is 0 Å². The lowest BCUT2D eigenvalue weighted by Crippen LogP contribution is -2.00. The van der Waals surface area contributed by atoms with Crippen LogP contribution in [0.4, 0.5) is 15.9 Å². The van der Waals surface area contributed by atoms with Crippen LogP contribution in [0.1, 0.15) is 82.6 Å². The predicted octanol–water partition coefficient (Wildman–Crippen LogP) is 9.96. The summed E-state index contributed by atoms with van der Waals surface area (Å²) in [5, 5.41) is 4.33. The molecule has 0 fully saturated rings. The Hall–Kier alpha value is -3.12. The molecule has 4 rings (SSSR count). The quantitative estimate of drug-likeness (QED) is 0.169. The zero-order valence-corrected chi connectivity index (χ0v) is 24.6. The Morgan fingerprint density at radius 1 is 0.846 bits per heavy atom. The summed E-state index contributed by atoms with van der Waals surface area (Å²) < 4.78 is 13.1. The molecule has 0 amide bonds. The number of hydrogen-bond acceptors (Lipinski definition) is 5. The molecule has 0 aliphatic carbocycles. The first kappa shape index (κ1) is 32.1. The minimum Gasteiger partial charge on any atom is -0.340 e. The van der Waals surface area contributed by atoms with Crippen molar-refractivity contribution in [2.24, 2.45) is 5.92 Å². The van der Waals surface area contributed by atoms with E-state index in [1.165, 1.54) is 80.4 Å². The second-order valence-electron chi connectivity index (χ2n) is 9.71. The maximum absolute atomic E-state index is 13.1. The predicted molar refractivity (Wildman–Crippen MR) is 166 cm³/mol. The molecule has 0 saturated carbocycles. The Balaban J connectivity index is 0.000000407. The maximum atomic E-state index is 13.1. The highest BCUT2D eigenvalue weighted by atomic mass is 32.1. The summed E-state index contributed by atoms with van der Waals surface area (Å²) in [5.41, 5.74) is 2.27. The number of thiophene rings is 1. The van der Waals surface area contributed by atoms with Gasteiger partial charge in [0.25, 0.3) is 0 Å². The van der Waals surface area contributed by atoms with Gasteiger partial charge in [-0.25, -0.2) is 14.4 Å². The number of rotatable bonds is 13. The Labute approximate surface area is 238 Å². The summed E-state index contributed by atoms with van der Waals surface area (Å²) >= 11 is 1.75. The van der Waals surface area contributed by atoms with Gasteiger partial charge in [-0.2, -0.15) is 0 Å². The zero-order valence-electron chi connectivity index (χ0n) is 23.8. The van der Waals surface area contributed by atoms with Gasteiger partial charge in [-0.05, 0) is 61.1 Å². The van der Waals surface area contributed by atoms with Gasteiger partial charge in [-0.1, -0.05) is 96.0 Å². The molecule has 0 unspecified atom stereocenters. The number of halogens is 1. The van der Waals surface area contributed by atoms with Crippen LogP contribution in [0.25, 0.3) is 10.2 Å². The highest BCUT2D eigenvalue weighted by Crippen LogP contribution is 2.31. The third-order valence-corrected chi connectivity index (χ3v) is 7.65. The molecular formula is C33H44FN3OS. The number of fused-ring (bicyclic) bond motifs is 1. The third-order valence-electron chi connectivity index (χ3n) is 6.55. The SMILES string of the molecule is C=O.CCCC(CCC)CCCCc1cc2c(Nc3ccc(F)cc3)ncnc2s1.CCCc1ccccc1. The summed E-state index contributed by atoms with van der Waals surface area (Å²) in [4.78, 5) is 19.2. The van der Waals surface area contributed by atoms with Gasteiger partial charge in [0.05, 0.1) is 5.39 Å². The number of benzene rings is 2. The van der Waals surface area contributed by atoms with Crippen LogP contribution in [-0.4, -0.2) is 16.8 Å². The van der Waals surface area contributed by atoms with E-state index in [0.29, 0.717) is 0 Å². The molecule has 210 valence electrons. The van der Waals surface area contributed by atoms with Crippen molar-refractivity contribution in [3.8, 4) is 0 Å². The first-order valence-corrected chi connectivity index (χ1v) is 15.0. The minimum atomic E-state index is -0.240. The molecule has 4 nitrogen and oxygen atoms in total. The smallest absolute Gasteiger partial charge is 0.142 e. The van der Waals surface area contributed by atoms with Gasteiger partial charge in [-0.3, -0.25) is 0 Å². The van der Waals surface area contributed by atoms with E-state index in [2.05, 4.69) is 72.5 Å². The summed E-state index contributed by atoms with van der Waals surface area (Å²) in [7, 11) is 0. The van der Waals surface area contributed by atoms with Crippen LogP contribution in [-0.2, 0) is 17.6 Å². The van der Waals surface area contributed by atoms with Crippen molar-refractivity contribution in [2.75, 3.05) is 5.32 Å². The lowest BCUT2D eigenvalue weighted by atomic mass is 9.92. The van der Waals surface area contributed by atoms with Gasteiger partial charge in [-0.15, -0.1) is 11.3 Å². The zero-order chi connectivity index (χ0) is 28.3. The van der Waals surface area contributed by atoms with E-state index >= 15 is 0 Å². The van der Waals surface area contributed by atoms with E-state index in [1.54, 1.807) is 29.8 Å². The van der Waals surface area contributed by atoms with Crippen molar-refractivity contribution < 1.29 is 9.18 Å². The molecule has 2 heterocycles. The van der Waals surface area contributed by atoms with Crippen molar-refractivity contribution >= 4 is 39.8 Å². The number of nitrogens with zero attached hydrogens (tertiary/aromatic N) is 2. The van der Waals surface area contributed by atoms with Crippen LogP contribution < -0.4 is 5.32 Å². The topological polar surface area (TPSA) is 54.9 Å². The Morgan fingerprint density at radius 3 is 2.18 bits per heavy atom. The molecule has 0 radical (unpaired) electrons. The van der Waals surface area contributed by atoms with Gasteiger partial charge in [0.15, 0.2) is 0 Å². The average Bonchev–Trinajstić information content (AvgIpc) is 3.39. The van der Waals surface area contributed by atoms with Gasteiger partial charge < -0.3 is 10.1 Å². The molecular weight excluding hydrogens is 505 g/mol. The minimum absolute atomic E-state index is 0.240. The van der Waals surface area contributed by atoms with Crippen LogP contribution >= 0.6 is 11.3 Å². The molecule has 2 aromatic heterocycles. The summed E-state index contributed by atoms with van der Waals surface area (Å²) in [5.74, 6) is 1.44. The molecule has 1 N–H and O–H groups in total. The summed E-state index contributed by atoms with van der Waals surface area (Å²) in [6.07, 6.45) is 14.3. The largest absolute Gasteiger partial charge is 0.340 e. The number of aromatic nitrogens is 2. The van der Waals surface area contributed by atoms with Crippen molar-refractivity contribution in [3.63, 3.8) is 0 Å². The second kappa shape index (κ2) is 19.0. The second-order valence-corrected chi connectivity index (χ2v) is 10.8. The van der Waals surface area contributed by atoms with E-state index in [0.717, 1.165) is 34.1 Å². The van der Waals surface area contributed by atoms with Gasteiger partial charge in [0.1, 0.15) is 29.6 Å². The van der Waals surface area contributed by atoms with Crippen LogP contribution in [0, 0.1) is 11.7 Å². The van der Waals surface area contributed by atoms with Gasteiger partial charge >= 0.3 is 0 Å². The Kier molecular flexibility index (Phi) is 15.7. The van der Waals surface area contributed by atoms with E-state index in [9.17, 15) is 4.39 Å². The number of carbonyl (C=O) groups excluding carboxylic acids is 1.